The zero-order valence-electron chi connectivity index (χ0n) is 19.9. The molecule has 3 N–H and O–H groups in total. The highest BCUT2D eigenvalue weighted by Gasteiger charge is 2.16. The lowest BCUT2D eigenvalue weighted by atomic mass is 10.1. The molecule has 0 radical (unpaired) electrons. The summed E-state index contributed by atoms with van der Waals surface area (Å²) in [5.74, 6) is 1.61. The predicted octanol–water partition coefficient (Wildman–Crippen LogP) is 3.93. The van der Waals surface area contributed by atoms with Gasteiger partial charge in [0.05, 0.1) is 6.10 Å². The standard InChI is InChI=1S/C25H32N4O4/c1-14(2)8-20-12-19(11-17(5)27-20)25-29-28-24(33-25)18-9-15(3)23(16(4)10-18)32-13-21(30)6-7-22(26)31/h9-12,14,21,30H,6-8,13H2,1-5H3,(H2,26,31)/t21-/m1/s1. The molecule has 33 heavy (non-hydrogen) atoms. The Morgan fingerprint density at radius 2 is 1.67 bits per heavy atom. The molecule has 1 atom stereocenters. The smallest absolute Gasteiger partial charge is 0.248 e. The number of primary amides is 1. The number of pyridine rings is 1. The fourth-order valence-electron chi connectivity index (χ4n) is 3.71. The van der Waals surface area contributed by atoms with Crippen molar-refractivity contribution in [3.05, 3.63) is 46.8 Å². The molecule has 0 bridgehead atoms. The van der Waals surface area contributed by atoms with Gasteiger partial charge in [-0.25, -0.2) is 0 Å². The number of carbonyl (C=O) groups is 1. The summed E-state index contributed by atoms with van der Waals surface area (Å²) in [6.45, 7) is 10.2. The van der Waals surface area contributed by atoms with Gasteiger partial charge in [-0.2, -0.15) is 0 Å². The number of aromatic nitrogens is 3. The maximum absolute atomic E-state index is 10.9. The molecule has 176 valence electrons. The van der Waals surface area contributed by atoms with E-state index in [9.17, 15) is 9.90 Å². The van der Waals surface area contributed by atoms with Crippen molar-refractivity contribution in [3.63, 3.8) is 0 Å². The fraction of sp³-hybridized carbons (Fsp3) is 0.440. The lowest BCUT2D eigenvalue weighted by Crippen LogP contribution is -2.21. The SMILES string of the molecule is Cc1cc(-c2nnc(-c3cc(C)c(OC[C@H](O)CCC(N)=O)c(C)c3)o2)cc(CC(C)C)n1. The van der Waals surface area contributed by atoms with Crippen molar-refractivity contribution < 1.29 is 19.1 Å². The third kappa shape index (κ3) is 6.61. The number of benzene rings is 1. The van der Waals surface area contributed by atoms with Crippen molar-refractivity contribution in [3.8, 4) is 28.7 Å². The van der Waals surface area contributed by atoms with E-state index in [4.69, 9.17) is 14.9 Å². The highest BCUT2D eigenvalue weighted by molar-refractivity contribution is 5.73. The Morgan fingerprint density at radius 1 is 1.06 bits per heavy atom. The monoisotopic (exact) mass is 452 g/mol. The van der Waals surface area contributed by atoms with Gasteiger partial charge in [-0.05, 0) is 74.9 Å². The van der Waals surface area contributed by atoms with Gasteiger partial charge in [0.2, 0.25) is 17.7 Å². The predicted molar refractivity (Wildman–Crippen MR) is 126 cm³/mol. The Morgan fingerprint density at radius 3 is 2.24 bits per heavy atom. The van der Waals surface area contributed by atoms with Crippen molar-refractivity contribution in [1.82, 2.24) is 15.2 Å². The second kappa shape index (κ2) is 10.6. The Bertz CT molecular complexity index is 1100. The zero-order chi connectivity index (χ0) is 24.1. The number of nitrogens with two attached hydrogens (primary N) is 1. The molecule has 0 fully saturated rings. The van der Waals surface area contributed by atoms with Crippen LogP contribution >= 0.6 is 0 Å². The highest BCUT2D eigenvalue weighted by atomic mass is 16.5. The summed E-state index contributed by atoms with van der Waals surface area (Å²) in [6.07, 6.45) is 0.506. The molecule has 8 heteroatoms. The number of amides is 1. The first-order valence-electron chi connectivity index (χ1n) is 11.1. The van der Waals surface area contributed by atoms with Crippen LogP contribution in [0.2, 0.25) is 0 Å². The van der Waals surface area contributed by atoms with Gasteiger partial charge in [0.1, 0.15) is 12.4 Å². The molecule has 1 aromatic carbocycles. The molecule has 0 saturated heterocycles. The average molecular weight is 453 g/mol. The molecule has 0 spiro atoms. The summed E-state index contributed by atoms with van der Waals surface area (Å²) in [4.78, 5) is 15.5. The Labute approximate surface area is 194 Å². The van der Waals surface area contributed by atoms with Gasteiger partial charge in [0.15, 0.2) is 0 Å². The Kier molecular flexibility index (Phi) is 7.81. The lowest BCUT2D eigenvalue weighted by Gasteiger charge is -2.16. The first kappa shape index (κ1) is 24.4. The van der Waals surface area contributed by atoms with Crippen molar-refractivity contribution in [2.45, 2.75) is 60.0 Å². The average Bonchev–Trinajstić information content (AvgIpc) is 3.21. The van der Waals surface area contributed by atoms with Crippen LogP contribution in [0.15, 0.2) is 28.7 Å². The molecule has 2 heterocycles. The molecular formula is C25H32N4O4. The Hall–Kier alpha value is -3.26. The van der Waals surface area contributed by atoms with E-state index < -0.39 is 12.0 Å². The minimum Gasteiger partial charge on any atom is -0.490 e. The van der Waals surface area contributed by atoms with Crippen molar-refractivity contribution >= 4 is 5.91 Å². The molecule has 0 aliphatic carbocycles. The van der Waals surface area contributed by atoms with E-state index in [0.717, 1.165) is 40.1 Å². The molecule has 0 aliphatic rings. The van der Waals surface area contributed by atoms with E-state index in [-0.39, 0.29) is 19.4 Å². The quantitative estimate of drug-likeness (QED) is 0.477. The number of aryl methyl sites for hydroxylation is 3. The van der Waals surface area contributed by atoms with Crippen LogP contribution in [0.1, 0.15) is 49.2 Å². The summed E-state index contributed by atoms with van der Waals surface area (Å²) in [7, 11) is 0. The van der Waals surface area contributed by atoms with Crippen LogP contribution in [-0.4, -0.2) is 38.9 Å². The van der Waals surface area contributed by atoms with Crippen LogP contribution in [0.3, 0.4) is 0 Å². The number of rotatable bonds is 10. The first-order chi connectivity index (χ1) is 15.6. The molecule has 3 aromatic rings. The first-order valence-corrected chi connectivity index (χ1v) is 11.1. The third-order valence-corrected chi connectivity index (χ3v) is 5.15. The van der Waals surface area contributed by atoms with Crippen LogP contribution in [0.4, 0.5) is 0 Å². The second-order valence-corrected chi connectivity index (χ2v) is 8.91. The normalized spacial score (nSPS) is 12.2. The summed E-state index contributed by atoms with van der Waals surface area (Å²) in [5.41, 5.74) is 10.5. The molecule has 1 amide bonds. The number of aliphatic hydroxyl groups is 1. The largest absolute Gasteiger partial charge is 0.490 e. The summed E-state index contributed by atoms with van der Waals surface area (Å²) < 4.78 is 11.8. The minimum absolute atomic E-state index is 0.0825. The summed E-state index contributed by atoms with van der Waals surface area (Å²) in [5, 5.41) is 18.5. The molecule has 8 nitrogen and oxygen atoms in total. The summed E-state index contributed by atoms with van der Waals surface area (Å²) >= 11 is 0. The lowest BCUT2D eigenvalue weighted by molar-refractivity contribution is -0.118. The molecule has 0 unspecified atom stereocenters. The van der Waals surface area contributed by atoms with Crippen LogP contribution in [0.5, 0.6) is 5.75 Å². The van der Waals surface area contributed by atoms with Crippen molar-refractivity contribution in [1.29, 1.82) is 0 Å². The number of hydrogen-bond donors (Lipinski definition) is 2. The van der Waals surface area contributed by atoms with Crippen LogP contribution in [0, 0.1) is 26.7 Å². The van der Waals surface area contributed by atoms with Gasteiger partial charge >= 0.3 is 0 Å². The molecule has 0 aliphatic heterocycles. The van der Waals surface area contributed by atoms with E-state index in [1.165, 1.54) is 0 Å². The van der Waals surface area contributed by atoms with Crippen LogP contribution < -0.4 is 10.5 Å². The highest BCUT2D eigenvalue weighted by Crippen LogP contribution is 2.31. The number of nitrogens with zero attached hydrogens (tertiary/aromatic N) is 3. The molecule has 2 aromatic heterocycles. The Balaban J connectivity index is 1.78. The maximum atomic E-state index is 10.9. The van der Waals surface area contributed by atoms with Crippen molar-refractivity contribution in [2.24, 2.45) is 11.7 Å². The second-order valence-electron chi connectivity index (χ2n) is 8.91. The summed E-state index contributed by atoms with van der Waals surface area (Å²) in [6, 6.07) is 7.77. The number of hydrogen-bond acceptors (Lipinski definition) is 7. The number of ether oxygens (including phenoxy) is 1. The van der Waals surface area contributed by atoms with Gasteiger partial charge in [-0.3, -0.25) is 9.78 Å². The van der Waals surface area contributed by atoms with E-state index in [0.29, 0.717) is 23.4 Å². The molecule has 3 rings (SSSR count). The maximum Gasteiger partial charge on any atom is 0.248 e. The number of aliphatic hydroxyl groups excluding tert-OH is 1. The van der Waals surface area contributed by atoms with Gasteiger partial charge in [-0.1, -0.05) is 13.8 Å². The zero-order valence-corrected chi connectivity index (χ0v) is 19.9. The van der Waals surface area contributed by atoms with Gasteiger partial charge in [-0.15, -0.1) is 10.2 Å². The van der Waals surface area contributed by atoms with Crippen molar-refractivity contribution in [2.75, 3.05) is 6.61 Å². The van der Waals surface area contributed by atoms with Crippen LogP contribution in [0.25, 0.3) is 22.9 Å². The van der Waals surface area contributed by atoms with Crippen LogP contribution in [-0.2, 0) is 11.2 Å². The van der Waals surface area contributed by atoms with E-state index >= 15 is 0 Å². The molecule has 0 saturated carbocycles. The van der Waals surface area contributed by atoms with E-state index in [1.54, 1.807) is 0 Å². The van der Waals surface area contributed by atoms with E-state index in [1.807, 2.05) is 45.0 Å². The fourth-order valence-corrected chi connectivity index (χ4v) is 3.71. The topological polar surface area (TPSA) is 124 Å². The van der Waals surface area contributed by atoms with Gasteiger partial charge in [0.25, 0.3) is 0 Å². The molecular weight excluding hydrogens is 420 g/mol. The number of carbonyl (C=O) groups excluding carboxylic acids is 1. The van der Waals surface area contributed by atoms with E-state index in [2.05, 4.69) is 29.0 Å². The van der Waals surface area contributed by atoms with Gasteiger partial charge < -0.3 is 20.0 Å². The third-order valence-electron chi connectivity index (χ3n) is 5.15. The van der Waals surface area contributed by atoms with Gasteiger partial charge in [0, 0.05) is 28.9 Å². The minimum atomic E-state index is -0.765.